The first-order chi connectivity index (χ1) is 13.4. The summed E-state index contributed by atoms with van der Waals surface area (Å²) < 4.78 is 0. The van der Waals surface area contributed by atoms with E-state index in [1.54, 1.807) is 6.07 Å². The Morgan fingerprint density at radius 1 is 1.25 bits per heavy atom. The highest BCUT2D eigenvalue weighted by Gasteiger charge is 2.22. The van der Waals surface area contributed by atoms with Gasteiger partial charge in [-0.15, -0.1) is 0 Å². The molecule has 0 bridgehead atoms. The van der Waals surface area contributed by atoms with Crippen molar-refractivity contribution >= 4 is 41.1 Å². The Morgan fingerprint density at radius 3 is 2.61 bits per heavy atom. The molecular weight excluding hydrogens is 400 g/mol. The van der Waals surface area contributed by atoms with Gasteiger partial charge in [-0.1, -0.05) is 37.2 Å². The molecule has 2 rings (SSSR count). The Morgan fingerprint density at radius 2 is 1.96 bits per heavy atom. The number of halogens is 1. The number of hydrogen-bond donors (Lipinski definition) is 2. The van der Waals surface area contributed by atoms with Gasteiger partial charge in [0.15, 0.2) is 5.16 Å². The fraction of sp³-hybridized carbons (Fsp3) is 0.667. The van der Waals surface area contributed by atoms with Crippen LogP contribution < -0.4 is 15.5 Å². The SMILES string of the molecule is CCCNC(=O)N1CCN(c2cc(Cl)nc(SCC(=O)NC(C)CC)n2)CC1. The second kappa shape index (κ2) is 11.3. The van der Waals surface area contributed by atoms with Crippen molar-refractivity contribution in [1.82, 2.24) is 25.5 Å². The summed E-state index contributed by atoms with van der Waals surface area (Å²) in [6.07, 6.45) is 1.80. The van der Waals surface area contributed by atoms with Crippen molar-refractivity contribution in [2.75, 3.05) is 43.4 Å². The molecule has 3 amide bonds. The van der Waals surface area contributed by atoms with E-state index in [1.165, 1.54) is 11.8 Å². The minimum absolute atomic E-state index is 0.0224. The van der Waals surface area contributed by atoms with Crippen molar-refractivity contribution in [3.05, 3.63) is 11.2 Å². The first-order valence-electron chi connectivity index (χ1n) is 9.67. The number of hydrogen-bond acceptors (Lipinski definition) is 6. The maximum absolute atomic E-state index is 12.1. The molecule has 0 saturated carbocycles. The lowest BCUT2D eigenvalue weighted by Gasteiger charge is -2.35. The quantitative estimate of drug-likeness (QED) is 0.375. The van der Waals surface area contributed by atoms with Crippen LogP contribution in [0.5, 0.6) is 0 Å². The van der Waals surface area contributed by atoms with E-state index >= 15 is 0 Å². The lowest BCUT2D eigenvalue weighted by atomic mass is 10.3. The number of amides is 3. The van der Waals surface area contributed by atoms with Crippen LogP contribution in [-0.2, 0) is 4.79 Å². The molecule has 28 heavy (non-hydrogen) atoms. The van der Waals surface area contributed by atoms with Gasteiger partial charge in [-0.2, -0.15) is 0 Å². The molecule has 1 atom stereocenters. The topological polar surface area (TPSA) is 90.5 Å². The normalized spacial score (nSPS) is 15.3. The number of urea groups is 1. The number of nitrogens with zero attached hydrogens (tertiary/aromatic N) is 4. The van der Waals surface area contributed by atoms with Crippen LogP contribution in [0.3, 0.4) is 0 Å². The number of anilines is 1. The number of piperazine rings is 1. The largest absolute Gasteiger partial charge is 0.353 e. The molecule has 0 radical (unpaired) electrons. The van der Waals surface area contributed by atoms with Crippen molar-refractivity contribution < 1.29 is 9.59 Å². The van der Waals surface area contributed by atoms with E-state index in [1.807, 2.05) is 25.7 Å². The van der Waals surface area contributed by atoms with Crippen LogP contribution in [0.15, 0.2) is 11.2 Å². The minimum Gasteiger partial charge on any atom is -0.353 e. The number of rotatable bonds is 8. The molecule has 1 fully saturated rings. The smallest absolute Gasteiger partial charge is 0.317 e. The summed E-state index contributed by atoms with van der Waals surface area (Å²) in [7, 11) is 0. The van der Waals surface area contributed by atoms with Crippen molar-refractivity contribution in [1.29, 1.82) is 0 Å². The van der Waals surface area contributed by atoms with E-state index in [-0.39, 0.29) is 23.7 Å². The molecule has 1 aliphatic heterocycles. The molecule has 2 heterocycles. The van der Waals surface area contributed by atoms with Gasteiger partial charge in [0.2, 0.25) is 5.91 Å². The third kappa shape index (κ3) is 7.01. The van der Waals surface area contributed by atoms with Crippen LogP contribution in [0, 0.1) is 0 Å². The number of nitrogens with one attached hydrogen (secondary N) is 2. The van der Waals surface area contributed by atoms with Gasteiger partial charge in [-0.05, 0) is 19.8 Å². The summed E-state index contributed by atoms with van der Waals surface area (Å²) >= 11 is 7.43. The predicted octanol–water partition coefficient (Wildman–Crippen LogP) is 2.38. The second-order valence-corrected chi connectivity index (χ2v) is 8.03. The zero-order valence-electron chi connectivity index (χ0n) is 16.7. The third-order valence-electron chi connectivity index (χ3n) is 4.43. The number of aromatic nitrogens is 2. The Kier molecular flexibility index (Phi) is 9.11. The first kappa shape index (κ1) is 22.5. The lowest BCUT2D eigenvalue weighted by molar-refractivity contribution is -0.119. The standard InChI is InChI=1S/C18H29ClN6O2S/c1-4-6-20-18(27)25-9-7-24(8-10-25)15-11-14(19)22-17(23-15)28-12-16(26)21-13(3)5-2/h11,13H,4-10,12H2,1-3H3,(H,20,27)(H,21,26). The summed E-state index contributed by atoms with van der Waals surface area (Å²) in [5.74, 6) is 0.921. The molecule has 1 aromatic heterocycles. The van der Waals surface area contributed by atoms with Gasteiger partial charge in [-0.3, -0.25) is 4.79 Å². The van der Waals surface area contributed by atoms with Crippen LogP contribution in [-0.4, -0.2) is 71.3 Å². The van der Waals surface area contributed by atoms with Gasteiger partial charge >= 0.3 is 6.03 Å². The van der Waals surface area contributed by atoms with E-state index in [2.05, 4.69) is 25.5 Å². The Bertz CT molecular complexity index is 669. The Balaban J connectivity index is 1.91. The van der Waals surface area contributed by atoms with Crippen molar-refractivity contribution in [3.8, 4) is 0 Å². The summed E-state index contributed by atoms with van der Waals surface area (Å²) in [5, 5.41) is 6.64. The molecule has 1 unspecified atom stereocenters. The molecule has 0 spiro atoms. The van der Waals surface area contributed by atoms with Gasteiger partial charge in [0.25, 0.3) is 0 Å². The Hall–Kier alpha value is -1.74. The van der Waals surface area contributed by atoms with Crippen LogP contribution >= 0.6 is 23.4 Å². The zero-order chi connectivity index (χ0) is 20.5. The van der Waals surface area contributed by atoms with E-state index in [9.17, 15) is 9.59 Å². The molecule has 10 heteroatoms. The molecule has 0 aliphatic carbocycles. The van der Waals surface area contributed by atoms with E-state index < -0.39 is 0 Å². The fourth-order valence-corrected chi connectivity index (χ4v) is 3.54. The fourth-order valence-electron chi connectivity index (χ4n) is 2.64. The van der Waals surface area contributed by atoms with Gasteiger partial charge in [-0.25, -0.2) is 14.8 Å². The van der Waals surface area contributed by atoms with Crippen LogP contribution in [0.2, 0.25) is 5.15 Å². The van der Waals surface area contributed by atoms with Gasteiger partial charge < -0.3 is 20.4 Å². The number of thioether (sulfide) groups is 1. The summed E-state index contributed by atoms with van der Waals surface area (Å²) in [6, 6.07) is 1.85. The highest BCUT2D eigenvalue weighted by molar-refractivity contribution is 7.99. The van der Waals surface area contributed by atoms with E-state index in [0.717, 1.165) is 18.7 Å². The molecule has 1 aliphatic rings. The zero-order valence-corrected chi connectivity index (χ0v) is 18.3. The van der Waals surface area contributed by atoms with Crippen molar-refractivity contribution in [2.45, 2.75) is 44.8 Å². The number of carbonyl (C=O) groups is 2. The molecule has 8 nitrogen and oxygen atoms in total. The first-order valence-corrected chi connectivity index (χ1v) is 11.0. The van der Waals surface area contributed by atoms with Crippen LogP contribution in [0.25, 0.3) is 0 Å². The third-order valence-corrected chi connectivity index (χ3v) is 5.47. The average Bonchev–Trinajstić information content (AvgIpc) is 2.70. The second-order valence-electron chi connectivity index (χ2n) is 6.70. The van der Waals surface area contributed by atoms with Crippen molar-refractivity contribution in [2.24, 2.45) is 0 Å². The predicted molar refractivity (Wildman–Crippen MR) is 113 cm³/mol. The Labute approximate surface area is 175 Å². The molecule has 1 aromatic rings. The van der Waals surface area contributed by atoms with E-state index in [0.29, 0.717) is 43.0 Å². The molecule has 2 N–H and O–H groups in total. The molecular formula is C18H29ClN6O2S. The monoisotopic (exact) mass is 428 g/mol. The maximum Gasteiger partial charge on any atom is 0.317 e. The molecule has 0 aromatic carbocycles. The number of carbonyl (C=O) groups excluding carboxylic acids is 2. The highest BCUT2D eigenvalue weighted by atomic mass is 35.5. The molecule has 156 valence electrons. The van der Waals surface area contributed by atoms with Crippen molar-refractivity contribution in [3.63, 3.8) is 0 Å². The maximum atomic E-state index is 12.1. The van der Waals surface area contributed by atoms with Gasteiger partial charge in [0, 0.05) is 44.8 Å². The highest BCUT2D eigenvalue weighted by Crippen LogP contribution is 2.22. The van der Waals surface area contributed by atoms with Gasteiger partial charge in [0.1, 0.15) is 11.0 Å². The summed E-state index contributed by atoms with van der Waals surface area (Å²) in [5.41, 5.74) is 0. The summed E-state index contributed by atoms with van der Waals surface area (Å²) in [4.78, 5) is 36.7. The van der Waals surface area contributed by atoms with E-state index in [4.69, 9.17) is 11.6 Å². The van der Waals surface area contributed by atoms with Gasteiger partial charge in [0.05, 0.1) is 5.75 Å². The van der Waals surface area contributed by atoms with Crippen LogP contribution in [0.1, 0.15) is 33.6 Å². The average molecular weight is 429 g/mol. The summed E-state index contributed by atoms with van der Waals surface area (Å²) in [6.45, 7) is 9.30. The minimum atomic E-state index is -0.0452. The van der Waals surface area contributed by atoms with Crippen LogP contribution in [0.4, 0.5) is 10.6 Å². The lowest BCUT2D eigenvalue weighted by Crippen LogP contribution is -2.52. The molecule has 1 saturated heterocycles.